The fourth-order valence-corrected chi connectivity index (χ4v) is 4.92. The average molecular weight is 587 g/mol. The molecule has 4 heterocycles. The van der Waals surface area contributed by atoms with E-state index in [1.807, 2.05) is 0 Å². The predicted molar refractivity (Wildman–Crippen MR) is 142 cm³/mol. The van der Waals surface area contributed by atoms with E-state index in [1.165, 1.54) is 24.6 Å². The number of nitrogens with zero attached hydrogens (tertiary/aromatic N) is 7. The van der Waals surface area contributed by atoms with E-state index >= 15 is 0 Å². The summed E-state index contributed by atoms with van der Waals surface area (Å²) in [5.74, 6) is -1.27. The Morgan fingerprint density at radius 3 is 2.40 bits per heavy atom. The molecule has 0 aliphatic carbocycles. The van der Waals surface area contributed by atoms with E-state index in [2.05, 4.69) is 25.5 Å². The van der Waals surface area contributed by atoms with E-state index in [-0.39, 0.29) is 42.5 Å². The molecule has 2 amide bonds. The van der Waals surface area contributed by atoms with Gasteiger partial charge in [0.1, 0.15) is 36.8 Å². The molecule has 1 fully saturated rings. The third-order valence-corrected chi connectivity index (χ3v) is 6.92. The summed E-state index contributed by atoms with van der Waals surface area (Å²) in [6.07, 6.45) is -2.99. The number of nitrogens with one attached hydrogen (secondary N) is 1. The van der Waals surface area contributed by atoms with Gasteiger partial charge in [-0.3, -0.25) is 23.7 Å². The number of halogens is 4. The zero-order valence-electron chi connectivity index (χ0n) is 22.8. The van der Waals surface area contributed by atoms with Gasteiger partial charge in [0.05, 0.1) is 12.1 Å². The quantitative estimate of drug-likeness (QED) is 0.259. The lowest BCUT2D eigenvalue weighted by Gasteiger charge is -2.23. The number of benzene rings is 1. The Labute approximate surface area is 236 Å². The van der Waals surface area contributed by atoms with Gasteiger partial charge < -0.3 is 10.2 Å². The van der Waals surface area contributed by atoms with Gasteiger partial charge in [0, 0.05) is 48.4 Å². The molecule has 11 nitrogen and oxygen atoms in total. The maximum absolute atomic E-state index is 14.5. The highest BCUT2D eigenvalue weighted by Gasteiger charge is 2.40. The molecular formula is C27H26F4N8O3. The van der Waals surface area contributed by atoms with E-state index in [4.69, 9.17) is 0 Å². The molecule has 1 aliphatic rings. The summed E-state index contributed by atoms with van der Waals surface area (Å²) < 4.78 is 54.9. The van der Waals surface area contributed by atoms with E-state index in [1.54, 1.807) is 37.5 Å². The first-order valence-electron chi connectivity index (χ1n) is 12.9. The predicted octanol–water partition coefficient (Wildman–Crippen LogP) is 3.65. The smallest absolute Gasteiger partial charge is 0.326 e. The molecule has 1 aliphatic heterocycles. The van der Waals surface area contributed by atoms with E-state index in [0.717, 1.165) is 16.0 Å². The highest BCUT2D eigenvalue weighted by Crippen LogP contribution is 2.28. The van der Waals surface area contributed by atoms with Gasteiger partial charge in [-0.25, -0.2) is 14.4 Å². The fourth-order valence-electron chi connectivity index (χ4n) is 4.92. The molecular weight excluding hydrogens is 560 g/mol. The summed E-state index contributed by atoms with van der Waals surface area (Å²) in [5, 5.41) is 11.0. The normalized spacial score (nSPS) is 17.2. The summed E-state index contributed by atoms with van der Waals surface area (Å²) >= 11 is 0. The second-order valence-corrected chi connectivity index (χ2v) is 10.1. The third kappa shape index (κ3) is 5.99. The standard InChI is InChI=1S/C27H26F4N8O3/c1-14-6-23(35-39(14)13-27(29,30)31)34-26(42)22-8-19(28)11-37(22)24(41)12-38-21-5-4-17(18-9-32-16(3)33-10-18)7-20(21)25(36-38)15(2)40/h4-7,9-10,19,22H,8,11-13H2,1-3H3,(H,34,35,42)/t19-,22+/m1/s1. The number of carbonyl (C=O) groups is 3. The van der Waals surface area contributed by atoms with Gasteiger partial charge in [0.25, 0.3) is 0 Å². The van der Waals surface area contributed by atoms with Gasteiger partial charge in [0.15, 0.2) is 11.6 Å². The Kier molecular flexibility index (Phi) is 7.51. The molecule has 0 spiro atoms. The van der Waals surface area contributed by atoms with Crippen molar-refractivity contribution in [2.75, 3.05) is 11.9 Å². The van der Waals surface area contributed by atoms with Crippen LogP contribution in [0.4, 0.5) is 23.4 Å². The SMILES string of the molecule is CC(=O)c1nn(CC(=O)N2C[C@H](F)C[C@H]2C(=O)Nc2cc(C)n(CC(F)(F)F)n2)c2ccc(-c3cnc(C)nc3)cc12. The molecule has 3 aromatic heterocycles. The number of aromatic nitrogens is 6. The second kappa shape index (κ2) is 10.9. The Morgan fingerprint density at radius 2 is 1.74 bits per heavy atom. The lowest BCUT2D eigenvalue weighted by Crippen LogP contribution is -2.44. The third-order valence-electron chi connectivity index (χ3n) is 6.92. The van der Waals surface area contributed by atoms with Crippen LogP contribution in [0.3, 0.4) is 0 Å². The van der Waals surface area contributed by atoms with Crippen molar-refractivity contribution in [2.45, 2.75) is 58.7 Å². The van der Waals surface area contributed by atoms with Crippen LogP contribution in [0.2, 0.25) is 0 Å². The first-order valence-corrected chi connectivity index (χ1v) is 12.9. The molecule has 15 heteroatoms. The van der Waals surface area contributed by atoms with Gasteiger partial charge in [-0.05, 0) is 31.5 Å². The number of carbonyl (C=O) groups excluding carboxylic acids is 3. The molecule has 1 aromatic carbocycles. The summed E-state index contributed by atoms with van der Waals surface area (Å²) in [4.78, 5) is 48.2. The number of ketones is 1. The van der Waals surface area contributed by atoms with Gasteiger partial charge >= 0.3 is 6.18 Å². The maximum atomic E-state index is 14.5. The molecule has 42 heavy (non-hydrogen) atoms. The van der Waals surface area contributed by atoms with Crippen LogP contribution in [-0.4, -0.2) is 77.0 Å². The first kappa shape index (κ1) is 28.8. The molecule has 0 bridgehead atoms. The minimum Gasteiger partial charge on any atom is -0.326 e. The number of anilines is 1. The van der Waals surface area contributed by atoms with Crippen LogP contribution in [0.15, 0.2) is 36.7 Å². The minimum absolute atomic E-state index is 0.136. The number of rotatable bonds is 7. The molecule has 1 saturated heterocycles. The summed E-state index contributed by atoms with van der Waals surface area (Å²) in [6.45, 7) is 2.44. The van der Waals surface area contributed by atoms with Crippen LogP contribution in [0.1, 0.15) is 35.4 Å². The Hall–Kier alpha value is -4.69. The Balaban J connectivity index is 1.36. The van der Waals surface area contributed by atoms with E-state index in [0.29, 0.717) is 21.4 Å². The Morgan fingerprint density at radius 1 is 1.02 bits per heavy atom. The lowest BCUT2D eigenvalue weighted by molar-refractivity contribution is -0.143. The van der Waals surface area contributed by atoms with Crippen LogP contribution in [0.5, 0.6) is 0 Å². The molecule has 0 saturated carbocycles. The van der Waals surface area contributed by atoms with Crippen molar-refractivity contribution in [2.24, 2.45) is 0 Å². The van der Waals surface area contributed by atoms with Crippen LogP contribution < -0.4 is 5.32 Å². The summed E-state index contributed by atoms with van der Waals surface area (Å²) in [6, 6.07) is 5.25. The van der Waals surface area contributed by atoms with Crippen molar-refractivity contribution in [1.29, 1.82) is 0 Å². The van der Waals surface area contributed by atoms with Crippen molar-refractivity contribution < 1.29 is 31.9 Å². The van der Waals surface area contributed by atoms with Crippen molar-refractivity contribution in [3.8, 4) is 11.1 Å². The number of alkyl halides is 4. The number of aryl methyl sites for hydroxylation is 2. The zero-order chi connectivity index (χ0) is 30.3. The summed E-state index contributed by atoms with van der Waals surface area (Å²) in [5.41, 5.74) is 2.24. The largest absolute Gasteiger partial charge is 0.408 e. The number of fused-ring (bicyclic) bond motifs is 1. The van der Waals surface area contributed by atoms with Gasteiger partial charge in [-0.1, -0.05) is 6.07 Å². The van der Waals surface area contributed by atoms with Gasteiger partial charge in [-0.2, -0.15) is 23.4 Å². The van der Waals surface area contributed by atoms with Crippen molar-refractivity contribution >= 4 is 34.3 Å². The second-order valence-electron chi connectivity index (χ2n) is 10.1. The molecule has 0 radical (unpaired) electrons. The van der Waals surface area contributed by atoms with Gasteiger partial charge in [-0.15, -0.1) is 0 Å². The molecule has 0 unspecified atom stereocenters. The molecule has 4 aromatic rings. The van der Waals surface area contributed by atoms with E-state index < -0.39 is 36.7 Å². The fraction of sp³-hybridized carbons (Fsp3) is 0.370. The van der Waals surface area contributed by atoms with Crippen LogP contribution >= 0.6 is 0 Å². The average Bonchev–Trinajstić information content (AvgIpc) is 3.58. The summed E-state index contributed by atoms with van der Waals surface area (Å²) in [7, 11) is 0. The zero-order valence-corrected chi connectivity index (χ0v) is 22.8. The van der Waals surface area contributed by atoms with Crippen molar-refractivity contribution in [1.82, 2.24) is 34.4 Å². The number of hydrogen-bond donors (Lipinski definition) is 1. The number of Topliss-reactive ketones (excluding diaryl/α,β-unsaturated/α-hetero) is 1. The highest BCUT2D eigenvalue weighted by molar-refractivity contribution is 6.06. The topological polar surface area (TPSA) is 128 Å². The number of likely N-dealkylation sites (tertiary alicyclic amines) is 1. The molecule has 220 valence electrons. The van der Waals surface area contributed by atoms with Crippen molar-refractivity contribution in [3.05, 3.63) is 53.9 Å². The van der Waals surface area contributed by atoms with Gasteiger partial charge in [0.2, 0.25) is 11.8 Å². The minimum atomic E-state index is -4.51. The number of hydrogen-bond acceptors (Lipinski definition) is 7. The maximum Gasteiger partial charge on any atom is 0.408 e. The molecule has 2 atom stereocenters. The molecule has 5 rings (SSSR count). The number of amides is 2. The Bertz CT molecular complexity index is 1680. The first-order chi connectivity index (χ1) is 19.8. The van der Waals surface area contributed by atoms with E-state index in [9.17, 15) is 31.9 Å². The lowest BCUT2D eigenvalue weighted by atomic mass is 10.0. The molecule has 1 N–H and O–H groups in total. The van der Waals surface area contributed by atoms with Crippen LogP contribution in [0.25, 0.3) is 22.0 Å². The van der Waals surface area contributed by atoms with Crippen LogP contribution in [-0.2, 0) is 22.7 Å². The van der Waals surface area contributed by atoms with Crippen LogP contribution in [0, 0.1) is 13.8 Å². The monoisotopic (exact) mass is 586 g/mol. The van der Waals surface area contributed by atoms with Crippen molar-refractivity contribution in [3.63, 3.8) is 0 Å². The highest BCUT2D eigenvalue weighted by atomic mass is 19.4.